The SMILES string of the molecule is O=C=Nc1c(Cl)c(Cl)c2c([nH]c3ccccc32)c1N=C=O. The van der Waals surface area contributed by atoms with Crippen LogP contribution in [0.2, 0.25) is 10.0 Å². The third-order valence-electron chi connectivity index (χ3n) is 3.10. The molecule has 5 nitrogen and oxygen atoms in total. The van der Waals surface area contributed by atoms with Gasteiger partial charge >= 0.3 is 0 Å². The molecule has 0 fully saturated rings. The summed E-state index contributed by atoms with van der Waals surface area (Å²) in [4.78, 5) is 31.4. The van der Waals surface area contributed by atoms with E-state index < -0.39 is 0 Å². The lowest BCUT2D eigenvalue weighted by Crippen LogP contribution is -1.79. The predicted octanol–water partition coefficient (Wildman–Crippen LogP) is 4.56. The lowest BCUT2D eigenvalue weighted by Gasteiger charge is -2.05. The van der Waals surface area contributed by atoms with Crippen molar-refractivity contribution in [3.8, 4) is 0 Å². The molecule has 2 aromatic carbocycles. The number of aliphatic imine (C=N–C) groups is 2. The van der Waals surface area contributed by atoms with E-state index in [1.165, 1.54) is 12.2 Å². The normalized spacial score (nSPS) is 10.4. The zero-order valence-electron chi connectivity index (χ0n) is 10.3. The molecular weight excluding hydrogens is 313 g/mol. The number of isocyanates is 2. The van der Waals surface area contributed by atoms with E-state index in [1.807, 2.05) is 24.3 Å². The highest BCUT2D eigenvalue weighted by Gasteiger charge is 2.20. The fraction of sp³-hybridized carbons (Fsp3) is 0. The van der Waals surface area contributed by atoms with Crippen molar-refractivity contribution >= 4 is 68.5 Å². The van der Waals surface area contributed by atoms with E-state index >= 15 is 0 Å². The minimum Gasteiger partial charge on any atom is -0.353 e. The first-order valence-corrected chi connectivity index (χ1v) is 6.51. The van der Waals surface area contributed by atoms with E-state index in [4.69, 9.17) is 23.2 Å². The summed E-state index contributed by atoms with van der Waals surface area (Å²) in [7, 11) is 0. The Labute approximate surface area is 127 Å². The molecule has 102 valence electrons. The summed E-state index contributed by atoms with van der Waals surface area (Å²) in [5.74, 6) is 0. The highest BCUT2D eigenvalue weighted by molar-refractivity contribution is 6.49. The van der Waals surface area contributed by atoms with Crippen LogP contribution in [-0.4, -0.2) is 17.1 Å². The predicted molar refractivity (Wildman–Crippen MR) is 81.4 cm³/mol. The fourth-order valence-electron chi connectivity index (χ4n) is 2.29. The number of nitrogens with zero attached hydrogens (tertiary/aromatic N) is 2. The first-order chi connectivity index (χ1) is 10.2. The molecule has 3 rings (SSSR count). The van der Waals surface area contributed by atoms with Crippen LogP contribution in [-0.2, 0) is 9.59 Å². The van der Waals surface area contributed by atoms with Gasteiger partial charge in [0, 0.05) is 16.3 Å². The number of hydrogen-bond donors (Lipinski definition) is 1. The maximum atomic E-state index is 10.7. The van der Waals surface area contributed by atoms with Crippen molar-refractivity contribution in [3.63, 3.8) is 0 Å². The molecule has 0 atom stereocenters. The van der Waals surface area contributed by atoms with Gasteiger partial charge in [-0.1, -0.05) is 41.4 Å². The van der Waals surface area contributed by atoms with Gasteiger partial charge in [-0.3, -0.25) is 0 Å². The Kier molecular flexibility index (Phi) is 3.34. The molecule has 21 heavy (non-hydrogen) atoms. The number of benzene rings is 2. The molecule has 0 saturated carbocycles. The molecule has 1 heterocycles. The van der Waals surface area contributed by atoms with Crippen LogP contribution in [0.3, 0.4) is 0 Å². The van der Waals surface area contributed by atoms with Gasteiger partial charge in [0.25, 0.3) is 0 Å². The summed E-state index contributed by atoms with van der Waals surface area (Å²) in [6.07, 6.45) is 2.81. The largest absolute Gasteiger partial charge is 0.353 e. The Morgan fingerprint density at radius 3 is 2.33 bits per heavy atom. The van der Waals surface area contributed by atoms with E-state index in [2.05, 4.69) is 15.0 Å². The second kappa shape index (κ2) is 5.17. The van der Waals surface area contributed by atoms with Crippen molar-refractivity contribution < 1.29 is 9.59 Å². The zero-order valence-corrected chi connectivity index (χ0v) is 11.8. The number of para-hydroxylation sites is 1. The topological polar surface area (TPSA) is 74.7 Å². The van der Waals surface area contributed by atoms with Crippen molar-refractivity contribution in [1.29, 1.82) is 0 Å². The molecule has 0 unspecified atom stereocenters. The highest BCUT2D eigenvalue weighted by atomic mass is 35.5. The second-order valence-electron chi connectivity index (χ2n) is 4.15. The number of rotatable bonds is 2. The number of halogens is 2. The zero-order chi connectivity index (χ0) is 15.0. The number of hydrogen-bond acceptors (Lipinski definition) is 4. The van der Waals surface area contributed by atoms with Gasteiger partial charge in [-0.15, -0.1) is 0 Å². The third-order valence-corrected chi connectivity index (χ3v) is 3.94. The first kappa shape index (κ1) is 13.6. The van der Waals surface area contributed by atoms with Crippen LogP contribution >= 0.6 is 23.2 Å². The van der Waals surface area contributed by atoms with Gasteiger partial charge in [-0.2, -0.15) is 9.98 Å². The van der Waals surface area contributed by atoms with Crippen LogP contribution in [0.4, 0.5) is 11.4 Å². The molecule has 0 bridgehead atoms. The molecule has 0 radical (unpaired) electrons. The number of H-pyrrole nitrogens is 1. The van der Waals surface area contributed by atoms with Crippen molar-refractivity contribution in [2.24, 2.45) is 9.98 Å². The van der Waals surface area contributed by atoms with Gasteiger partial charge < -0.3 is 4.98 Å². The van der Waals surface area contributed by atoms with Gasteiger partial charge in [-0.05, 0) is 6.07 Å². The van der Waals surface area contributed by atoms with Gasteiger partial charge in [0.05, 0.1) is 15.6 Å². The molecule has 0 aliphatic heterocycles. The van der Waals surface area contributed by atoms with Gasteiger partial charge in [0.1, 0.15) is 11.4 Å². The molecule has 0 aliphatic carbocycles. The lowest BCUT2D eigenvalue weighted by atomic mass is 10.1. The Bertz CT molecular complexity index is 981. The Balaban J connectivity index is 2.65. The molecule has 7 heteroatoms. The van der Waals surface area contributed by atoms with Crippen LogP contribution in [0.5, 0.6) is 0 Å². The molecule has 0 saturated heterocycles. The summed E-state index contributed by atoms with van der Waals surface area (Å²) in [6, 6.07) is 7.39. The molecule has 0 amide bonds. The first-order valence-electron chi connectivity index (χ1n) is 5.76. The van der Waals surface area contributed by atoms with Crippen LogP contribution in [0.25, 0.3) is 21.8 Å². The minimum absolute atomic E-state index is 0.0147. The molecular formula is C14H5Cl2N3O2. The average molecular weight is 318 g/mol. The highest BCUT2D eigenvalue weighted by Crippen LogP contribution is 2.48. The van der Waals surface area contributed by atoms with Crippen LogP contribution in [0.1, 0.15) is 0 Å². The van der Waals surface area contributed by atoms with Crippen molar-refractivity contribution in [1.82, 2.24) is 4.98 Å². The van der Waals surface area contributed by atoms with Crippen LogP contribution < -0.4 is 0 Å². The summed E-state index contributed by atoms with van der Waals surface area (Å²) >= 11 is 12.4. The Hall–Kier alpha value is -2.42. The smallest absolute Gasteiger partial charge is 0.240 e. The molecule has 0 aliphatic rings. The Morgan fingerprint density at radius 1 is 0.952 bits per heavy atom. The fourth-order valence-corrected chi connectivity index (χ4v) is 2.80. The van der Waals surface area contributed by atoms with E-state index in [0.29, 0.717) is 10.9 Å². The average Bonchev–Trinajstić information content (AvgIpc) is 2.87. The van der Waals surface area contributed by atoms with Gasteiger partial charge in [0.2, 0.25) is 12.2 Å². The number of aromatic nitrogens is 1. The number of carbonyl (C=O) groups excluding carboxylic acids is 2. The summed E-state index contributed by atoms with van der Waals surface area (Å²) in [5, 5.41) is 1.69. The van der Waals surface area contributed by atoms with E-state index in [9.17, 15) is 9.59 Å². The molecule has 1 N–H and O–H groups in total. The minimum atomic E-state index is -0.0147. The maximum absolute atomic E-state index is 10.7. The number of fused-ring (bicyclic) bond motifs is 3. The van der Waals surface area contributed by atoms with E-state index in [-0.39, 0.29) is 21.4 Å². The van der Waals surface area contributed by atoms with Crippen LogP contribution in [0, 0.1) is 0 Å². The van der Waals surface area contributed by atoms with Crippen LogP contribution in [0.15, 0.2) is 34.3 Å². The quantitative estimate of drug-likeness (QED) is 0.555. The van der Waals surface area contributed by atoms with Crippen molar-refractivity contribution in [2.45, 2.75) is 0 Å². The summed E-state index contributed by atoms with van der Waals surface area (Å²) in [6.45, 7) is 0. The van der Waals surface area contributed by atoms with Crippen molar-refractivity contribution in [2.75, 3.05) is 0 Å². The Morgan fingerprint density at radius 2 is 1.62 bits per heavy atom. The monoisotopic (exact) mass is 317 g/mol. The second-order valence-corrected chi connectivity index (χ2v) is 4.91. The number of aromatic amines is 1. The lowest BCUT2D eigenvalue weighted by molar-refractivity contribution is 0.564. The molecule has 1 aromatic heterocycles. The number of nitrogens with one attached hydrogen (secondary N) is 1. The summed E-state index contributed by atoms with van der Waals surface area (Å²) in [5.41, 5.74) is 1.34. The van der Waals surface area contributed by atoms with Gasteiger partial charge in [-0.25, -0.2) is 9.59 Å². The molecule has 3 aromatic rings. The maximum Gasteiger partial charge on any atom is 0.240 e. The van der Waals surface area contributed by atoms with E-state index in [0.717, 1.165) is 10.9 Å². The van der Waals surface area contributed by atoms with Crippen molar-refractivity contribution in [3.05, 3.63) is 34.3 Å². The van der Waals surface area contributed by atoms with E-state index in [1.54, 1.807) is 0 Å². The standard InChI is InChI=1S/C14H5Cl2N3O2/c15-10-9-7-3-1-2-4-8(7)19-12(9)14(18-6-21)13(11(10)16)17-5-20/h1-4,19H. The summed E-state index contributed by atoms with van der Waals surface area (Å²) < 4.78 is 0. The third kappa shape index (κ3) is 1.97. The molecule has 0 spiro atoms. The van der Waals surface area contributed by atoms with Gasteiger partial charge in [0.15, 0.2) is 0 Å².